The molecule has 0 bridgehead atoms. The Morgan fingerprint density at radius 1 is 0.569 bits per heavy atom. The molecule has 5 aromatic rings. The fourth-order valence-corrected chi connectivity index (χ4v) is 6.52. The van der Waals surface area contributed by atoms with Crippen molar-refractivity contribution in [1.82, 2.24) is 0 Å². The molecule has 1 unspecified atom stereocenters. The maximum absolute atomic E-state index is 3.53. The third-order valence-corrected chi connectivity index (χ3v) is 10.0. The van der Waals surface area contributed by atoms with E-state index in [2.05, 4.69) is 210 Å². The quantitative estimate of drug-likeness (QED) is 0.144. The summed E-state index contributed by atoms with van der Waals surface area (Å²) in [6.45, 7) is 31.2. The van der Waals surface area contributed by atoms with Gasteiger partial charge in [0.1, 0.15) is 0 Å². The van der Waals surface area contributed by atoms with Gasteiger partial charge in [-0.1, -0.05) is 168 Å². The van der Waals surface area contributed by atoms with Gasteiger partial charge in [-0.15, -0.1) is 35.9 Å². The van der Waals surface area contributed by atoms with E-state index in [9.17, 15) is 0 Å². The average molecular weight is 891 g/mol. The molecule has 3 heteroatoms. The van der Waals surface area contributed by atoms with E-state index in [0.717, 1.165) is 6.42 Å². The van der Waals surface area contributed by atoms with Crippen LogP contribution < -0.4 is 0 Å². The molecule has 0 radical (unpaired) electrons. The minimum atomic E-state index is 0. The van der Waals surface area contributed by atoms with E-state index >= 15 is 0 Å². The van der Waals surface area contributed by atoms with Crippen LogP contribution in [0.25, 0.3) is 16.7 Å². The fraction of sp³-hybridized carbons (Fsp3) is 0.364. The van der Waals surface area contributed by atoms with Gasteiger partial charge in [0.25, 0.3) is 0 Å². The molecule has 0 fully saturated rings. The Balaban J connectivity index is 0.000000397. The molecule has 0 spiro atoms. The molecule has 0 saturated heterocycles. The molecular formula is C55H68Cl2Zr-4. The first-order chi connectivity index (χ1) is 26.1. The van der Waals surface area contributed by atoms with E-state index < -0.39 is 0 Å². The minimum absolute atomic E-state index is 0. The average Bonchev–Trinajstić information content (AvgIpc) is 3.70. The molecule has 0 heterocycles. The van der Waals surface area contributed by atoms with Gasteiger partial charge in [0, 0.05) is 0 Å². The standard InChI is InChI=1S/C21H25.C13H13.2C10H13.CH2.2ClH.Zr/c1-20(2,3)16-9-7-14-11-15-8-10-17(21(4,5)6)13-19(15)18(14)12-16;1-10-8-11(2)13(9-10)12-6-4-3-5-7-12;2*1-10(2,3)9-7-5-4-6-8-9;;;;/h7,9-10,12-13H,11H2,1-6H3;3-7,9-10H,1-2H3;2*5-8H,1-3H3;1H2;2*1H;/q4*-1;;;;. The predicted molar refractivity (Wildman–Crippen MR) is 257 cm³/mol. The van der Waals surface area contributed by atoms with E-state index in [4.69, 9.17) is 0 Å². The van der Waals surface area contributed by atoms with Gasteiger partial charge >= 0.3 is 28.4 Å². The molecule has 0 aromatic heterocycles. The van der Waals surface area contributed by atoms with Crippen LogP contribution in [-0.2, 0) is 52.3 Å². The van der Waals surface area contributed by atoms with Crippen LogP contribution in [0, 0.1) is 30.2 Å². The number of fused-ring (bicyclic) bond motifs is 3. The maximum atomic E-state index is 3.53. The Hall–Kier alpha value is -3.09. The molecule has 0 aliphatic heterocycles. The number of rotatable bonds is 1. The van der Waals surface area contributed by atoms with Crippen molar-refractivity contribution in [2.45, 2.75) is 125 Å². The number of allylic oxidation sites excluding steroid dienone is 4. The third-order valence-electron chi connectivity index (χ3n) is 10.0. The SMILES string of the molecule is CC(C)(C)c1c[c-]c2c(c1)-c1cc(C(C)(C)C)ccc1C2.CC(C)(C)c1cc[c-]cc1.CC(C)(C)c1cc[c-]cc1.CC1=[C-]C(C)C=C1c1ccccc1.Cl.Cl.[CH2]=[Zr]. The molecule has 5 aromatic carbocycles. The Morgan fingerprint density at radius 3 is 1.41 bits per heavy atom. The number of hydrogen-bond acceptors (Lipinski definition) is 0. The van der Waals surface area contributed by atoms with Crippen molar-refractivity contribution in [2.24, 2.45) is 5.92 Å². The molecule has 1 atom stereocenters. The first-order valence-corrected chi connectivity index (χ1v) is 21.7. The van der Waals surface area contributed by atoms with Crippen LogP contribution in [0.4, 0.5) is 0 Å². The molecule has 0 N–H and O–H groups in total. The summed E-state index contributed by atoms with van der Waals surface area (Å²) >= 11 is 1.30. The second kappa shape index (κ2) is 23.1. The molecule has 58 heavy (non-hydrogen) atoms. The molecule has 0 saturated carbocycles. The Bertz CT molecular complexity index is 1920. The number of halogens is 2. The Morgan fingerprint density at radius 2 is 1.02 bits per heavy atom. The van der Waals surface area contributed by atoms with Crippen molar-refractivity contribution in [3.8, 4) is 11.1 Å². The summed E-state index contributed by atoms with van der Waals surface area (Å²) in [7, 11) is 0. The zero-order valence-corrected chi connectivity index (χ0v) is 41.9. The van der Waals surface area contributed by atoms with Crippen LogP contribution in [-0.4, -0.2) is 4.21 Å². The third kappa shape index (κ3) is 15.8. The van der Waals surface area contributed by atoms with Crippen LogP contribution in [0.1, 0.15) is 136 Å². The van der Waals surface area contributed by atoms with Gasteiger partial charge in [-0.25, -0.2) is 5.57 Å². The van der Waals surface area contributed by atoms with Gasteiger partial charge in [0.05, 0.1) is 0 Å². The number of benzene rings is 5. The summed E-state index contributed by atoms with van der Waals surface area (Å²) in [4.78, 5) is 0. The van der Waals surface area contributed by atoms with Crippen molar-refractivity contribution >= 4 is 34.6 Å². The van der Waals surface area contributed by atoms with Crippen molar-refractivity contribution in [2.75, 3.05) is 0 Å². The van der Waals surface area contributed by atoms with Crippen LogP contribution >= 0.6 is 24.8 Å². The van der Waals surface area contributed by atoms with Crippen LogP contribution in [0.2, 0.25) is 0 Å². The summed E-state index contributed by atoms with van der Waals surface area (Å²) in [5, 5.41) is 0. The molecule has 7 rings (SSSR count). The summed E-state index contributed by atoms with van der Waals surface area (Å²) in [5.41, 5.74) is 16.0. The van der Waals surface area contributed by atoms with Crippen molar-refractivity contribution in [3.05, 3.63) is 184 Å². The van der Waals surface area contributed by atoms with E-state index in [1.165, 1.54) is 85.5 Å². The van der Waals surface area contributed by atoms with Gasteiger partial charge in [-0.3, -0.25) is 6.08 Å². The molecule has 2 aliphatic rings. The summed E-state index contributed by atoms with van der Waals surface area (Å²) in [6, 6.07) is 47.9. The van der Waals surface area contributed by atoms with Gasteiger partial charge in [0.15, 0.2) is 0 Å². The second-order valence-corrected chi connectivity index (χ2v) is 18.9. The van der Waals surface area contributed by atoms with Crippen LogP contribution in [0.5, 0.6) is 0 Å². The first kappa shape index (κ1) is 52.9. The van der Waals surface area contributed by atoms with Gasteiger partial charge in [-0.05, 0) is 28.2 Å². The van der Waals surface area contributed by atoms with Crippen molar-refractivity contribution in [3.63, 3.8) is 0 Å². The van der Waals surface area contributed by atoms with Gasteiger partial charge in [0.2, 0.25) is 0 Å². The van der Waals surface area contributed by atoms with E-state index in [-0.39, 0.29) is 46.5 Å². The van der Waals surface area contributed by atoms with E-state index in [0.29, 0.717) is 5.92 Å². The normalized spacial score (nSPS) is 13.8. The molecule has 0 amide bonds. The van der Waals surface area contributed by atoms with Crippen molar-refractivity contribution < 1.29 is 24.2 Å². The Kier molecular flexibility index (Phi) is 21.0. The van der Waals surface area contributed by atoms with Crippen molar-refractivity contribution in [1.29, 1.82) is 0 Å². The summed E-state index contributed by atoms with van der Waals surface area (Å²) < 4.78 is 3.34. The molecule has 0 nitrogen and oxygen atoms in total. The molecule has 2 aliphatic carbocycles. The topological polar surface area (TPSA) is 0 Å². The zero-order valence-electron chi connectivity index (χ0n) is 37.8. The van der Waals surface area contributed by atoms with Gasteiger partial charge < -0.3 is 0 Å². The first-order valence-electron chi connectivity index (χ1n) is 20.0. The molecule has 310 valence electrons. The fourth-order valence-electron chi connectivity index (χ4n) is 6.52. The van der Waals surface area contributed by atoms with Crippen LogP contribution in [0.3, 0.4) is 0 Å². The van der Waals surface area contributed by atoms with Gasteiger partial charge in [-0.2, -0.15) is 113 Å². The van der Waals surface area contributed by atoms with E-state index in [1.807, 2.05) is 30.3 Å². The van der Waals surface area contributed by atoms with Crippen LogP contribution in [0.15, 0.2) is 121 Å². The molecular weight excluding hydrogens is 823 g/mol. The summed E-state index contributed by atoms with van der Waals surface area (Å²) in [6.07, 6.45) is 6.69. The second-order valence-electron chi connectivity index (χ2n) is 18.9. The Labute approximate surface area is 382 Å². The summed E-state index contributed by atoms with van der Waals surface area (Å²) in [5.74, 6) is 0.468. The van der Waals surface area contributed by atoms with E-state index in [1.54, 1.807) is 0 Å². The zero-order chi connectivity index (χ0) is 41.9. The number of hydrogen-bond donors (Lipinski definition) is 0. The monoisotopic (exact) mass is 888 g/mol. The predicted octanol–water partition coefficient (Wildman–Crippen LogP) is 15.5.